The van der Waals surface area contributed by atoms with Crippen LogP contribution in [0.1, 0.15) is 36.6 Å². The minimum Gasteiger partial charge on any atom is -0.507 e. The molecule has 0 unspecified atom stereocenters. The minimum absolute atomic E-state index is 0.111. The molecule has 7 heteroatoms. The first kappa shape index (κ1) is 27.0. The standard InChI is InChI=1S/C29H37N3O4/c1-7-18-36-23-14-15-24(20(4)19-23)27(33)25-26(21-10-12-22(13-11-21)30(5)6)32(29(35)28(25)34)17-16-31(8-2)9-3/h7,10-15,19,26,33H,1,8-9,16-18H2,2-6H3/t26-/m1/s1. The summed E-state index contributed by atoms with van der Waals surface area (Å²) in [6.45, 7) is 12.7. The number of Topliss-reactive ketones (excluding diaryl/α,β-unsaturated/α-hetero) is 1. The van der Waals surface area contributed by atoms with E-state index in [0.717, 1.165) is 29.9 Å². The monoisotopic (exact) mass is 491 g/mol. The van der Waals surface area contributed by atoms with Gasteiger partial charge in [0.2, 0.25) is 0 Å². The molecule has 1 saturated heterocycles. The number of hydrogen-bond donors (Lipinski definition) is 1. The van der Waals surface area contributed by atoms with Gasteiger partial charge in [0.05, 0.1) is 11.6 Å². The summed E-state index contributed by atoms with van der Waals surface area (Å²) < 4.78 is 5.59. The summed E-state index contributed by atoms with van der Waals surface area (Å²) in [6, 6.07) is 12.3. The number of likely N-dealkylation sites (N-methyl/N-ethyl adjacent to an activating group) is 1. The Bertz CT molecular complexity index is 1130. The van der Waals surface area contributed by atoms with Crippen LogP contribution in [0.2, 0.25) is 0 Å². The summed E-state index contributed by atoms with van der Waals surface area (Å²) in [7, 11) is 3.91. The van der Waals surface area contributed by atoms with E-state index in [1.807, 2.05) is 50.2 Å². The van der Waals surface area contributed by atoms with Gasteiger partial charge in [0.1, 0.15) is 18.1 Å². The first-order valence-corrected chi connectivity index (χ1v) is 12.4. The number of amides is 1. The Hall–Kier alpha value is -3.58. The van der Waals surface area contributed by atoms with Crippen LogP contribution in [0.15, 0.2) is 60.7 Å². The van der Waals surface area contributed by atoms with Crippen LogP contribution in [0.4, 0.5) is 5.69 Å². The highest BCUT2D eigenvalue weighted by Gasteiger charge is 2.46. The third-order valence-corrected chi connectivity index (χ3v) is 6.64. The van der Waals surface area contributed by atoms with Gasteiger partial charge in [-0.05, 0) is 61.5 Å². The molecule has 0 spiro atoms. The molecule has 1 aliphatic rings. The zero-order valence-electron chi connectivity index (χ0n) is 22.0. The van der Waals surface area contributed by atoms with E-state index in [0.29, 0.717) is 31.0 Å². The van der Waals surface area contributed by atoms with Crippen LogP contribution in [-0.4, -0.2) is 73.5 Å². The lowest BCUT2D eigenvalue weighted by molar-refractivity contribution is -0.140. The van der Waals surface area contributed by atoms with Crippen molar-refractivity contribution in [2.24, 2.45) is 0 Å². The number of carbonyl (C=O) groups excluding carboxylic acids is 2. The van der Waals surface area contributed by atoms with Gasteiger partial charge in [-0.25, -0.2) is 0 Å². The Morgan fingerprint density at radius 2 is 1.78 bits per heavy atom. The van der Waals surface area contributed by atoms with E-state index in [1.54, 1.807) is 29.2 Å². The summed E-state index contributed by atoms with van der Waals surface area (Å²) in [5.74, 6) is -0.790. The van der Waals surface area contributed by atoms with Gasteiger partial charge in [-0.3, -0.25) is 9.59 Å². The molecular formula is C29H37N3O4. The topological polar surface area (TPSA) is 73.3 Å². The number of aliphatic hydroxyl groups is 1. The fourth-order valence-electron chi connectivity index (χ4n) is 4.49. The zero-order chi connectivity index (χ0) is 26.4. The number of likely N-dealkylation sites (tertiary alicyclic amines) is 1. The highest BCUT2D eigenvalue weighted by molar-refractivity contribution is 6.46. The maximum absolute atomic E-state index is 13.3. The molecule has 192 valence electrons. The lowest BCUT2D eigenvalue weighted by Crippen LogP contribution is -2.38. The van der Waals surface area contributed by atoms with E-state index in [9.17, 15) is 14.7 Å². The molecule has 2 aromatic carbocycles. The molecule has 1 amide bonds. The smallest absolute Gasteiger partial charge is 0.295 e. The van der Waals surface area contributed by atoms with Crippen molar-refractivity contribution in [1.82, 2.24) is 9.80 Å². The van der Waals surface area contributed by atoms with Crippen molar-refractivity contribution >= 4 is 23.1 Å². The van der Waals surface area contributed by atoms with Crippen molar-refractivity contribution in [3.8, 4) is 5.75 Å². The van der Waals surface area contributed by atoms with Crippen LogP contribution >= 0.6 is 0 Å². The number of anilines is 1. The Kier molecular flexibility index (Phi) is 8.93. The molecule has 7 nitrogen and oxygen atoms in total. The van der Waals surface area contributed by atoms with E-state index in [2.05, 4.69) is 25.3 Å². The number of carbonyl (C=O) groups is 2. The maximum atomic E-state index is 13.3. The van der Waals surface area contributed by atoms with Crippen molar-refractivity contribution < 1.29 is 19.4 Å². The lowest BCUT2D eigenvalue weighted by atomic mass is 9.93. The number of rotatable bonds is 11. The average Bonchev–Trinajstić information content (AvgIpc) is 3.12. The van der Waals surface area contributed by atoms with Gasteiger partial charge < -0.3 is 24.5 Å². The van der Waals surface area contributed by atoms with Crippen LogP contribution in [0, 0.1) is 6.92 Å². The first-order chi connectivity index (χ1) is 17.2. The van der Waals surface area contributed by atoms with Crippen LogP contribution < -0.4 is 9.64 Å². The van der Waals surface area contributed by atoms with Gasteiger partial charge in [0, 0.05) is 38.4 Å². The summed E-state index contributed by atoms with van der Waals surface area (Å²) in [6.07, 6.45) is 1.66. The summed E-state index contributed by atoms with van der Waals surface area (Å²) >= 11 is 0. The Morgan fingerprint density at radius 1 is 1.11 bits per heavy atom. The Labute approximate surface area is 214 Å². The molecule has 0 aliphatic carbocycles. The molecule has 1 atom stereocenters. The van der Waals surface area contributed by atoms with Crippen molar-refractivity contribution in [2.75, 3.05) is 51.8 Å². The predicted molar refractivity (Wildman–Crippen MR) is 144 cm³/mol. The minimum atomic E-state index is -0.673. The molecule has 3 rings (SSSR count). The second-order valence-corrected chi connectivity index (χ2v) is 9.08. The first-order valence-electron chi connectivity index (χ1n) is 12.4. The van der Waals surface area contributed by atoms with E-state index in [-0.39, 0.29) is 11.3 Å². The Morgan fingerprint density at radius 3 is 2.33 bits per heavy atom. The number of benzene rings is 2. The highest BCUT2D eigenvalue weighted by atomic mass is 16.5. The predicted octanol–water partition coefficient (Wildman–Crippen LogP) is 4.39. The van der Waals surface area contributed by atoms with Gasteiger partial charge in [-0.2, -0.15) is 0 Å². The van der Waals surface area contributed by atoms with Crippen LogP contribution in [0.3, 0.4) is 0 Å². The molecule has 0 bridgehead atoms. The molecule has 0 radical (unpaired) electrons. The molecule has 1 N–H and O–H groups in total. The summed E-state index contributed by atoms with van der Waals surface area (Å²) in [5, 5.41) is 11.4. The molecule has 2 aromatic rings. The van der Waals surface area contributed by atoms with E-state index >= 15 is 0 Å². The largest absolute Gasteiger partial charge is 0.507 e. The van der Waals surface area contributed by atoms with E-state index < -0.39 is 17.7 Å². The summed E-state index contributed by atoms with van der Waals surface area (Å²) in [5.41, 5.74) is 3.14. The molecule has 1 fully saturated rings. The van der Waals surface area contributed by atoms with Crippen LogP contribution in [-0.2, 0) is 9.59 Å². The van der Waals surface area contributed by atoms with Gasteiger partial charge in [0.15, 0.2) is 0 Å². The lowest BCUT2D eigenvalue weighted by Gasteiger charge is -2.28. The van der Waals surface area contributed by atoms with Crippen molar-refractivity contribution in [3.05, 3.63) is 77.4 Å². The molecular weight excluding hydrogens is 454 g/mol. The van der Waals surface area contributed by atoms with Crippen molar-refractivity contribution in [1.29, 1.82) is 0 Å². The molecule has 1 heterocycles. The fourth-order valence-corrected chi connectivity index (χ4v) is 4.49. The van der Waals surface area contributed by atoms with E-state index in [4.69, 9.17) is 4.74 Å². The zero-order valence-corrected chi connectivity index (χ0v) is 22.0. The third-order valence-electron chi connectivity index (χ3n) is 6.64. The number of nitrogens with zero attached hydrogens (tertiary/aromatic N) is 3. The van der Waals surface area contributed by atoms with Crippen molar-refractivity contribution in [3.63, 3.8) is 0 Å². The second-order valence-electron chi connectivity index (χ2n) is 9.08. The molecule has 36 heavy (non-hydrogen) atoms. The molecule has 0 aromatic heterocycles. The number of aryl methyl sites for hydroxylation is 1. The van der Waals surface area contributed by atoms with Crippen molar-refractivity contribution in [2.45, 2.75) is 26.8 Å². The number of ether oxygens (including phenoxy) is 1. The van der Waals surface area contributed by atoms with Gasteiger partial charge in [-0.15, -0.1) is 0 Å². The third kappa shape index (κ3) is 5.62. The Balaban J connectivity index is 2.09. The quantitative estimate of drug-likeness (QED) is 0.218. The second kappa shape index (κ2) is 11.9. The van der Waals surface area contributed by atoms with Gasteiger partial charge >= 0.3 is 0 Å². The molecule has 0 saturated carbocycles. The van der Waals surface area contributed by atoms with E-state index in [1.165, 1.54) is 0 Å². The fraction of sp³-hybridized carbons (Fsp3) is 0.379. The number of hydrogen-bond acceptors (Lipinski definition) is 6. The van der Waals surface area contributed by atoms with Crippen LogP contribution in [0.5, 0.6) is 5.75 Å². The number of aliphatic hydroxyl groups excluding tert-OH is 1. The number of ketones is 1. The normalized spacial score (nSPS) is 17.1. The molecule has 1 aliphatic heterocycles. The van der Waals surface area contributed by atoms with Gasteiger partial charge in [-0.1, -0.05) is 38.6 Å². The SMILES string of the molecule is C=CCOc1ccc(C(O)=C2C(=O)C(=O)N(CCN(CC)CC)[C@@H]2c2ccc(N(C)C)cc2)c(C)c1. The summed E-state index contributed by atoms with van der Waals surface area (Å²) in [4.78, 5) is 32.3. The van der Waals surface area contributed by atoms with Gasteiger partial charge in [0.25, 0.3) is 11.7 Å². The maximum Gasteiger partial charge on any atom is 0.295 e. The average molecular weight is 492 g/mol. The highest BCUT2D eigenvalue weighted by Crippen LogP contribution is 2.40. The van der Waals surface area contributed by atoms with Crippen LogP contribution in [0.25, 0.3) is 5.76 Å².